The van der Waals surface area contributed by atoms with Crippen LogP contribution in [0.1, 0.15) is 30.9 Å². The van der Waals surface area contributed by atoms with Gasteiger partial charge in [0, 0.05) is 13.1 Å². The highest BCUT2D eigenvalue weighted by atomic mass is 16.5. The number of β-amino-alcohol motifs (C(OH)–C–C–N with tert-alkyl or cyclic N) is 1. The maximum absolute atomic E-state index is 10.1. The van der Waals surface area contributed by atoms with Crippen molar-refractivity contribution in [2.24, 2.45) is 10.9 Å². The lowest BCUT2D eigenvalue weighted by atomic mass is 9.95. The molecule has 0 radical (unpaired) electrons. The standard InChI is InChI=1S/C15H23N3O3/c1-15(19)6-3-7-18(10-15)9-11-4-5-12(14(16)17-20)13(8-11)21-2/h4-5,8,19-20H,3,6-7,9-10H2,1-2H3,(H2,16,17). The maximum Gasteiger partial charge on any atom is 0.173 e. The molecular formula is C15H23N3O3. The van der Waals surface area contributed by atoms with Crippen LogP contribution in [0.25, 0.3) is 0 Å². The number of aliphatic hydroxyl groups is 1. The zero-order chi connectivity index (χ0) is 15.5. The van der Waals surface area contributed by atoms with Crippen molar-refractivity contribution in [2.75, 3.05) is 20.2 Å². The van der Waals surface area contributed by atoms with E-state index in [4.69, 9.17) is 15.7 Å². The van der Waals surface area contributed by atoms with Crippen molar-refractivity contribution < 1.29 is 15.1 Å². The molecule has 21 heavy (non-hydrogen) atoms. The van der Waals surface area contributed by atoms with Crippen LogP contribution in [0.5, 0.6) is 5.75 Å². The second kappa shape index (κ2) is 6.32. The van der Waals surface area contributed by atoms with Crippen LogP contribution < -0.4 is 10.5 Å². The first kappa shape index (κ1) is 15.6. The maximum atomic E-state index is 10.1. The summed E-state index contributed by atoms with van der Waals surface area (Å²) in [6, 6.07) is 5.60. The molecule has 1 saturated heterocycles. The molecule has 1 aromatic rings. The van der Waals surface area contributed by atoms with Gasteiger partial charge in [-0.1, -0.05) is 11.2 Å². The zero-order valence-corrected chi connectivity index (χ0v) is 12.5. The molecule has 1 aromatic carbocycles. The van der Waals surface area contributed by atoms with E-state index in [-0.39, 0.29) is 5.84 Å². The average Bonchev–Trinajstić information content (AvgIpc) is 2.45. The zero-order valence-electron chi connectivity index (χ0n) is 12.5. The van der Waals surface area contributed by atoms with Crippen LogP contribution >= 0.6 is 0 Å². The number of nitrogens with zero attached hydrogens (tertiary/aromatic N) is 2. The van der Waals surface area contributed by atoms with Gasteiger partial charge in [0.05, 0.1) is 18.3 Å². The van der Waals surface area contributed by atoms with Gasteiger partial charge in [-0.2, -0.15) is 0 Å². The molecule has 0 amide bonds. The second-order valence-corrected chi connectivity index (χ2v) is 5.83. The number of hydrogen-bond acceptors (Lipinski definition) is 5. The van der Waals surface area contributed by atoms with Gasteiger partial charge in [0.1, 0.15) is 5.75 Å². The number of piperidine rings is 1. The van der Waals surface area contributed by atoms with Gasteiger partial charge >= 0.3 is 0 Å². The van der Waals surface area contributed by atoms with Gasteiger partial charge in [0.15, 0.2) is 5.84 Å². The Morgan fingerprint density at radius 3 is 2.90 bits per heavy atom. The third-order valence-electron chi connectivity index (χ3n) is 3.81. The summed E-state index contributed by atoms with van der Waals surface area (Å²) >= 11 is 0. The molecule has 4 N–H and O–H groups in total. The van der Waals surface area contributed by atoms with E-state index in [2.05, 4.69) is 10.1 Å². The smallest absolute Gasteiger partial charge is 0.173 e. The van der Waals surface area contributed by atoms with Crippen LogP contribution in [0.2, 0.25) is 0 Å². The molecule has 1 fully saturated rings. The first-order valence-electron chi connectivity index (χ1n) is 7.05. The number of likely N-dealkylation sites (tertiary alicyclic amines) is 1. The van der Waals surface area contributed by atoms with E-state index in [9.17, 15) is 5.11 Å². The first-order chi connectivity index (χ1) is 9.95. The van der Waals surface area contributed by atoms with Crippen LogP contribution in [0.15, 0.2) is 23.4 Å². The summed E-state index contributed by atoms with van der Waals surface area (Å²) in [6.07, 6.45) is 1.83. The Labute approximate surface area is 124 Å². The van der Waals surface area contributed by atoms with Gasteiger partial charge in [-0.25, -0.2) is 0 Å². The summed E-state index contributed by atoms with van der Waals surface area (Å²) in [7, 11) is 1.55. The molecular weight excluding hydrogens is 270 g/mol. The van der Waals surface area contributed by atoms with Gasteiger partial charge in [0.2, 0.25) is 0 Å². The highest BCUT2D eigenvalue weighted by molar-refractivity contribution is 5.99. The molecule has 1 heterocycles. The molecule has 1 atom stereocenters. The second-order valence-electron chi connectivity index (χ2n) is 5.83. The Kier molecular flexibility index (Phi) is 4.69. The van der Waals surface area contributed by atoms with Crippen molar-refractivity contribution in [1.82, 2.24) is 4.90 Å². The third kappa shape index (κ3) is 3.86. The SMILES string of the molecule is COc1cc(CN2CCCC(C)(O)C2)ccc1/C(N)=N/O. The molecule has 0 bridgehead atoms. The van der Waals surface area contributed by atoms with Gasteiger partial charge in [-0.05, 0) is 44.0 Å². The normalized spacial score (nSPS) is 24.0. The molecule has 0 spiro atoms. The minimum absolute atomic E-state index is 0.0271. The molecule has 1 aliphatic rings. The van der Waals surface area contributed by atoms with E-state index < -0.39 is 5.60 Å². The summed E-state index contributed by atoms with van der Waals surface area (Å²) in [4.78, 5) is 2.22. The molecule has 6 heteroatoms. The summed E-state index contributed by atoms with van der Waals surface area (Å²) in [5.74, 6) is 0.603. The Balaban J connectivity index is 2.14. The molecule has 0 saturated carbocycles. The number of oxime groups is 1. The molecule has 1 aliphatic heterocycles. The highest BCUT2D eigenvalue weighted by Gasteiger charge is 2.28. The summed E-state index contributed by atoms with van der Waals surface area (Å²) in [5, 5.41) is 21.9. The summed E-state index contributed by atoms with van der Waals surface area (Å²) in [5.41, 5.74) is 6.64. The van der Waals surface area contributed by atoms with Gasteiger partial charge in [-0.15, -0.1) is 0 Å². The largest absolute Gasteiger partial charge is 0.496 e. The molecule has 2 rings (SSSR count). The molecule has 116 valence electrons. The quantitative estimate of drug-likeness (QED) is 0.335. The lowest BCUT2D eigenvalue weighted by molar-refractivity contribution is -0.0181. The predicted molar refractivity (Wildman–Crippen MR) is 80.6 cm³/mol. The molecule has 0 aromatic heterocycles. The number of nitrogens with two attached hydrogens (primary N) is 1. The van der Waals surface area contributed by atoms with E-state index in [0.717, 1.165) is 31.5 Å². The van der Waals surface area contributed by atoms with Crippen molar-refractivity contribution in [2.45, 2.75) is 31.9 Å². The van der Waals surface area contributed by atoms with Crippen molar-refractivity contribution in [3.63, 3.8) is 0 Å². The molecule has 1 unspecified atom stereocenters. The predicted octanol–water partition coefficient (Wildman–Crippen LogP) is 1.14. The third-order valence-corrected chi connectivity index (χ3v) is 3.81. The summed E-state index contributed by atoms with van der Waals surface area (Å²) in [6.45, 7) is 4.25. The number of methoxy groups -OCH3 is 1. The van der Waals surface area contributed by atoms with Crippen LogP contribution in [0.4, 0.5) is 0 Å². The number of ether oxygens (including phenoxy) is 1. The lowest BCUT2D eigenvalue weighted by Crippen LogP contribution is -2.45. The molecule has 6 nitrogen and oxygen atoms in total. The lowest BCUT2D eigenvalue weighted by Gasteiger charge is -2.36. The van der Waals surface area contributed by atoms with Crippen molar-refractivity contribution in [3.8, 4) is 5.75 Å². The minimum atomic E-state index is -0.615. The topological polar surface area (TPSA) is 91.3 Å². The van der Waals surface area contributed by atoms with Crippen molar-refractivity contribution in [1.29, 1.82) is 0 Å². The molecule has 0 aliphatic carbocycles. The van der Waals surface area contributed by atoms with Crippen molar-refractivity contribution >= 4 is 5.84 Å². The van der Waals surface area contributed by atoms with Crippen LogP contribution in [0.3, 0.4) is 0 Å². The van der Waals surface area contributed by atoms with Crippen LogP contribution in [-0.4, -0.2) is 46.8 Å². The number of rotatable bonds is 4. The fraction of sp³-hybridized carbons (Fsp3) is 0.533. The Bertz CT molecular complexity index is 529. The number of hydrogen-bond donors (Lipinski definition) is 3. The Morgan fingerprint density at radius 2 is 2.29 bits per heavy atom. The fourth-order valence-corrected chi connectivity index (χ4v) is 2.82. The van der Waals surface area contributed by atoms with Gasteiger partial charge < -0.3 is 20.8 Å². The number of amidine groups is 1. The Morgan fingerprint density at radius 1 is 1.52 bits per heavy atom. The average molecular weight is 293 g/mol. The number of benzene rings is 1. The monoisotopic (exact) mass is 293 g/mol. The summed E-state index contributed by atoms with van der Waals surface area (Å²) < 4.78 is 5.30. The van der Waals surface area contributed by atoms with E-state index in [1.54, 1.807) is 13.2 Å². The van der Waals surface area contributed by atoms with E-state index >= 15 is 0 Å². The minimum Gasteiger partial charge on any atom is -0.496 e. The van der Waals surface area contributed by atoms with Crippen molar-refractivity contribution in [3.05, 3.63) is 29.3 Å². The van der Waals surface area contributed by atoms with Gasteiger partial charge in [0.25, 0.3) is 0 Å². The van der Waals surface area contributed by atoms with E-state index in [1.165, 1.54) is 0 Å². The van der Waals surface area contributed by atoms with Crippen LogP contribution in [-0.2, 0) is 6.54 Å². The fourth-order valence-electron chi connectivity index (χ4n) is 2.82. The first-order valence-corrected chi connectivity index (χ1v) is 7.05. The van der Waals surface area contributed by atoms with Gasteiger partial charge in [-0.3, -0.25) is 4.90 Å². The Hall–Kier alpha value is -1.79. The highest BCUT2D eigenvalue weighted by Crippen LogP contribution is 2.24. The van der Waals surface area contributed by atoms with E-state index in [0.29, 0.717) is 17.9 Å². The van der Waals surface area contributed by atoms with E-state index in [1.807, 2.05) is 19.1 Å². The van der Waals surface area contributed by atoms with Crippen LogP contribution in [0, 0.1) is 0 Å².